The van der Waals surface area contributed by atoms with Crippen LogP contribution in [-0.4, -0.2) is 17.5 Å². The minimum absolute atomic E-state index is 0.0966. The fraction of sp³-hybridized carbons (Fsp3) is 0.100. The van der Waals surface area contributed by atoms with Gasteiger partial charge in [-0.2, -0.15) is 0 Å². The summed E-state index contributed by atoms with van der Waals surface area (Å²) in [5.74, 6) is 0.964. The summed E-state index contributed by atoms with van der Waals surface area (Å²) in [6.45, 7) is 0.262. The zero-order valence-corrected chi connectivity index (χ0v) is 14.6. The van der Waals surface area contributed by atoms with Crippen molar-refractivity contribution in [3.8, 4) is 11.5 Å². The first-order valence-electron chi connectivity index (χ1n) is 8.00. The molecule has 0 fully saturated rings. The van der Waals surface area contributed by atoms with Crippen LogP contribution in [-0.2, 0) is 11.4 Å². The van der Waals surface area contributed by atoms with E-state index >= 15 is 0 Å². The number of benzene rings is 2. The second kappa shape index (κ2) is 8.87. The summed E-state index contributed by atoms with van der Waals surface area (Å²) in [6, 6.07) is 19.6. The van der Waals surface area contributed by atoms with Gasteiger partial charge in [0.15, 0.2) is 6.61 Å². The normalized spacial score (nSPS) is 10.2. The highest BCUT2D eigenvalue weighted by Gasteiger charge is 2.05. The maximum atomic E-state index is 12.0. The molecule has 6 heteroatoms. The van der Waals surface area contributed by atoms with E-state index in [1.54, 1.807) is 42.6 Å². The number of pyridine rings is 1. The summed E-state index contributed by atoms with van der Waals surface area (Å²) in [5, 5.41) is 3.39. The monoisotopic (exact) mass is 368 g/mol. The molecule has 1 N–H and O–H groups in total. The van der Waals surface area contributed by atoms with Crippen LogP contribution in [0.1, 0.15) is 5.69 Å². The van der Waals surface area contributed by atoms with Gasteiger partial charge < -0.3 is 14.8 Å². The van der Waals surface area contributed by atoms with Crippen LogP contribution in [0, 0.1) is 0 Å². The zero-order valence-electron chi connectivity index (χ0n) is 13.9. The predicted octanol–water partition coefficient (Wildman–Crippen LogP) is 4.33. The number of anilines is 1. The maximum Gasteiger partial charge on any atom is 0.262 e. The molecule has 0 atom stereocenters. The zero-order chi connectivity index (χ0) is 18.2. The molecule has 1 aromatic heterocycles. The van der Waals surface area contributed by atoms with Gasteiger partial charge in [-0.05, 0) is 48.5 Å². The van der Waals surface area contributed by atoms with Gasteiger partial charge in [0.25, 0.3) is 5.91 Å². The van der Waals surface area contributed by atoms with Crippen LogP contribution in [0.15, 0.2) is 72.9 Å². The molecule has 5 nitrogen and oxygen atoms in total. The van der Waals surface area contributed by atoms with Gasteiger partial charge in [0, 0.05) is 23.0 Å². The summed E-state index contributed by atoms with van der Waals surface area (Å²) < 4.78 is 11.1. The van der Waals surface area contributed by atoms with Crippen molar-refractivity contribution in [3.63, 3.8) is 0 Å². The van der Waals surface area contributed by atoms with E-state index in [9.17, 15) is 4.79 Å². The second-order valence-corrected chi connectivity index (χ2v) is 5.86. The number of hydrogen-bond acceptors (Lipinski definition) is 4. The van der Waals surface area contributed by atoms with E-state index in [0.717, 1.165) is 5.69 Å². The van der Waals surface area contributed by atoms with Crippen molar-refractivity contribution in [2.45, 2.75) is 6.61 Å². The van der Waals surface area contributed by atoms with Gasteiger partial charge in [-0.1, -0.05) is 23.7 Å². The van der Waals surface area contributed by atoms with Crippen molar-refractivity contribution in [3.05, 3.63) is 83.6 Å². The standard InChI is InChI=1S/C20H17ClN2O3/c21-15-7-9-18(10-8-15)26-14-20(24)23-16-5-3-6-19(12-16)25-13-17-4-1-2-11-22-17/h1-12H,13-14H2,(H,23,24). The smallest absolute Gasteiger partial charge is 0.262 e. The average Bonchev–Trinajstić information content (AvgIpc) is 2.67. The first-order chi connectivity index (χ1) is 12.7. The highest BCUT2D eigenvalue weighted by atomic mass is 35.5. The Balaban J connectivity index is 1.51. The van der Waals surface area contributed by atoms with Crippen LogP contribution in [0.2, 0.25) is 5.02 Å². The van der Waals surface area contributed by atoms with Gasteiger partial charge in [0.05, 0.1) is 5.69 Å². The van der Waals surface area contributed by atoms with E-state index in [0.29, 0.717) is 28.8 Å². The Labute approximate surface area is 156 Å². The molecular weight excluding hydrogens is 352 g/mol. The number of carbonyl (C=O) groups is 1. The quantitative estimate of drug-likeness (QED) is 0.674. The van der Waals surface area contributed by atoms with E-state index in [2.05, 4.69) is 10.3 Å². The van der Waals surface area contributed by atoms with Gasteiger partial charge in [-0.25, -0.2) is 0 Å². The average molecular weight is 369 g/mol. The minimum atomic E-state index is -0.262. The van der Waals surface area contributed by atoms with Crippen molar-refractivity contribution in [1.82, 2.24) is 4.98 Å². The summed E-state index contributed by atoms with van der Waals surface area (Å²) in [4.78, 5) is 16.2. The lowest BCUT2D eigenvalue weighted by Crippen LogP contribution is -2.20. The molecule has 0 saturated carbocycles. The first-order valence-corrected chi connectivity index (χ1v) is 8.38. The fourth-order valence-electron chi connectivity index (χ4n) is 2.18. The lowest BCUT2D eigenvalue weighted by atomic mass is 10.3. The van der Waals surface area contributed by atoms with E-state index in [4.69, 9.17) is 21.1 Å². The molecule has 0 aliphatic carbocycles. The van der Waals surface area contributed by atoms with Crippen LogP contribution in [0.3, 0.4) is 0 Å². The Morgan fingerprint density at radius 2 is 1.81 bits per heavy atom. The largest absolute Gasteiger partial charge is 0.487 e. The number of nitrogens with one attached hydrogen (secondary N) is 1. The molecule has 0 radical (unpaired) electrons. The third-order valence-electron chi connectivity index (χ3n) is 3.41. The molecule has 3 rings (SSSR count). The second-order valence-electron chi connectivity index (χ2n) is 5.43. The van der Waals surface area contributed by atoms with Gasteiger partial charge in [-0.15, -0.1) is 0 Å². The topological polar surface area (TPSA) is 60.5 Å². The number of ether oxygens (including phenoxy) is 2. The first kappa shape index (κ1) is 17.8. The Bertz CT molecular complexity index is 854. The van der Waals surface area contributed by atoms with Crippen molar-refractivity contribution < 1.29 is 14.3 Å². The third kappa shape index (κ3) is 5.50. The van der Waals surface area contributed by atoms with Crippen LogP contribution in [0.5, 0.6) is 11.5 Å². The Kier molecular flexibility index (Phi) is 6.06. The lowest BCUT2D eigenvalue weighted by Gasteiger charge is -2.10. The number of halogens is 1. The van der Waals surface area contributed by atoms with E-state index in [1.165, 1.54) is 0 Å². The minimum Gasteiger partial charge on any atom is -0.487 e. The number of rotatable bonds is 7. The van der Waals surface area contributed by atoms with Crippen LogP contribution >= 0.6 is 11.6 Å². The molecule has 2 aromatic carbocycles. The molecule has 0 unspecified atom stereocenters. The molecule has 0 spiro atoms. The van der Waals surface area contributed by atoms with Gasteiger partial charge in [-0.3, -0.25) is 9.78 Å². The van der Waals surface area contributed by atoms with Crippen molar-refractivity contribution in [2.24, 2.45) is 0 Å². The number of carbonyl (C=O) groups excluding carboxylic acids is 1. The Morgan fingerprint density at radius 3 is 2.58 bits per heavy atom. The summed E-state index contributed by atoms with van der Waals surface area (Å²) in [7, 11) is 0. The van der Waals surface area contributed by atoms with Crippen molar-refractivity contribution in [1.29, 1.82) is 0 Å². The molecule has 0 aliphatic rings. The lowest BCUT2D eigenvalue weighted by molar-refractivity contribution is -0.118. The SMILES string of the molecule is O=C(COc1ccc(Cl)cc1)Nc1cccc(OCc2ccccn2)c1. The highest BCUT2D eigenvalue weighted by Crippen LogP contribution is 2.19. The summed E-state index contributed by atoms with van der Waals surface area (Å²) in [6.07, 6.45) is 1.72. The van der Waals surface area contributed by atoms with Crippen LogP contribution in [0.25, 0.3) is 0 Å². The molecule has 0 aliphatic heterocycles. The Hall–Kier alpha value is -3.05. The van der Waals surface area contributed by atoms with Crippen LogP contribution in [0.4, 0.5) is 5.69 Å². The molecule has 1 heterocycles. The molecule has 132 valence electrons. The number of amides is 1. The van der Waals surface area contributed by atoms with E-state index in [1.807, 2.05) is 30.3 Å². The molecular formula is C20H17ClN2O3. The third-order valence-corrected chi connectivity index (χ3v) is 3.67. The molecule has 0 bridgehead atoms. The van der Waals surface area contributed by atoms with Gasteiger partial charge in [0.2, 0.25) is 0 Å². The van der Waals surface area contributed by atoms with Gasteiger partial charge in [0.1, 0.15) is 18.1 Å². The number of aromatic nitrogens is 1. The molecule has 1 amide bonds. The predicted molar refractivity (Wildman–Crippen MR) is 101 cm³/mol. The fourth-order valence-corrected chi connectivity index (χ4v) is 2.31. The summed E-state index contributed by atoms with van der Waals surface area (Å²) in [5.41, 5.74) is 1.46. The van der Waals surface area contributed by atoms with Crippen LogP contribution < -0.4 is 14.8 Å². The summed E-state index contributed by atoms with van der Waals surface area (Å²) >= 11 is 5.81. The molecule has 3 aromatic rings. The number of nitrogens with zero attached hydrogens (tertiary/aromatic N) is 1. The van der Waals surface area contributed by atoms with E-state index < -0.39 is 0 Å². The Morgan fingerprint density at radius 1 is 0.962 bits per heavy atom. The van der Waals surface area contributed by atoms with Crippen molar-refractivity contribution >= 4 is 23.2 Å². The highest BCUT2D eigenvalue weighted by molar-refractivity contribution is 6.30. The molecule has 0 saturated heterocycles. The van der Waals surface area contributed by atoms with E-state index in [-0.39, 0.29) is 12.5 Å². The number of hydrogen-bond donors (Lipinski definition) is 1. The van der Waals surface area contributed by atoms with Crippen molar-refractivity contribution in [2.75, 3.05) is 11.9 Å². The van der Waals surface area contributed by atoms with Gasteiger partial charge >= 0.3 is 0 Å². The molecule has 26 heavy (non-hydrogen) atoms. The maximum absolute atomic E-state index is 12.0.